The molecule has 0 saturated carbocycles. The number of sulfonamides is 1. The molecule has 0 N–H and O–H groups in total. The molecular weight excluding hydrogens is 398 g/mol. The van der Waals surface area contributed by atoms with Crippen molar-refractivity contribution < 1.29 is 18.0 Å². The maximum Gasteiger partial charge on any atom is 0.264 e. The van der Waals surface area contributed by atoms with Crippen LogP contribution in [0.3, 0.4) is 0 Å². The molecule has 0 unspecified atom stereocenters. The lowest BCUT2D eigenvalue weighted by molar-refractivity contribution is -0.109. The Morgan fingerprint density at radius 1 is 1.07 bits per heavy atom. The van der Waals surface area contributed by atoms with Gasteiger partial charge in [0.1, 0.15) is 0 Å². The molecule has 2 aromatic rings. The third kappa shape index (κ3) is 5.88. The Bertz CT molecular complexity index is 931. The number of benzene rings is 1. The minimum atomic E-state index is -3.82. The number of anilines is 1. The zero-order chi connectivity index (χ0) is 20.7. The van der Waals surface area contributed by atoms with Gasteiger partial charge in [-0.3, -0.25) is 18.9 Å². The number of thioether (sulfide) groups is 1. The first-order valence-corrected chi connectivity index (χ1v) is 11.0. The number of carbonyl (C=O) groups excluding carboxylic acids is 2. The van der Waals surface area contributed by atoms with Crippen LogP contribution < -0.4 is 4.31 Å². The van der Waals surface area contributed by atoms with E-state index < -0.39 is 10.0 Å². The van der Waals surface area contributed by atoms with Crippen LogP contribution in [0.5, 0.6) is 0 Å². The second-order valence-corrected chi connectivity index (χ2v) is 9.33. The van der Waals surface area contributed by atoms with E-state index >= 15 is 0 Å². The topological polar surface area (TPSA) is 87.7 Å². The quantitative estimate of drug-likeness (QED) is 0.574. The molecule has 0 radical (unpaired) electrons. The summed E-state index contributed by atoms with van der Waals surface area (Å²) in [4.78, 5) is 29.3. The van der Waals surface area contributed by atoms with Crippen molar-refractivity contribution >= 4 is 38.4 Å². The summed E-state index contributed by atoms with van der Waals surface area (Å²) in [6.45, 7) is 2.12. The zero-order valence-electron chi connectivity index (χ0n) is 16.0. The summed E-state index contributed by atoms with van der Waals surface area (Å²) >= 11 is 0.931. The number of rotatable bonds is 9. The molecule has 0 aliphatic rings. The van der Waals surface area contributed by atoms with E-state index in [1.165, 1.54) is 35.8 Å². The highest BCUT2D eigenvalue weighted by molar-refractivity contribution is 8.14. The van der Waals surface area contributed by atoms with Crippen LogP contribution in [-0.4, -0.2) is 62.1 Å². The van der Waals surface area contributed by atoms with Crippen LogP contribution in [0.1, 0.15) is 17.3 Å². The van der Waals surface area contributed by atoms with E-state index in [0.29, 0.717) is 17.8 Å². The molecule has 0 fully saturated rings. The lowest BCUT2D eigenvalue weighted by Crippen LogP contribution is -2.36. The van der Waals surface area contributed by atoms with Crippen molar-refractivity contribution in [3.05, 3.63) is 54.4 Å². The number of Topliss-reactive ketones (excluding diaryl/α,β-unsaturated/α-hetero) is 1. The maximum atomic E-state index is 13.2. The average Bonchev–Trinajstić information content (AvgIpc) is 2.66. The Labute approximate surface area is 169 Å². The summed E-state index contributed by atoms with van der Waals surface area (Å²) in [5, 5.41) is -0.141. The van der Waals surface area contributed by atoms with Crippen LogP contribution in [0, 0.1) is 0 Å². The highest BCUT2D eigenvalue weighted by Gasteiger charge is 2.25. The minimum Gasteiger partial charge on any atom is -0.308 e. The van der Waals surface area contributed by atoms with Gasteiger partial charge in [-0.25, -0.2) is 8.42 Å². The summed E-state index contributed by atoms with van der Waals surface area (Å²) in [6, 6.07) is 9.36. The molecule has 7 nitrogen and oxygen atoms in total. The number of likely N-dealkylation sites (N-methyl/N-ethyl adjacent to an activating group) is 1. The van der Waals surface area contributed by atoms with Crippen molar-refractivity contribution in [3.63, 3.8) is 0 Å². The van der Waals surface area contributed by atoms with Crippen LogP contribution in [0.4, 0.5) is 5.69 Å². The maximum absolute atomic E-state index is 13.2. The van der Waals surface area contributed by atoms with Crippen LogP contribution in [-0.2, 0) is 14.8 Å². The lowest BCUT2D eigenvalue weighted by atomic mass is 10.1. The SMILES string of the molecule is CC(=O)SCC(=O)c1cccc(N(CCN(C)C)S(=O)(=O)c2ccncc2)c1. The first-order valence-electron chi connectivity index (χ1n) is 8.56. The molecule has 0 atom stereocenters. The van der Waals surface area contributed by atoms with Gasteiger partial charge in [0.2, 0.25) is 0 Å². The van der Waals surface area contributed by atoms with E-state index in [4.69, 9.17) is 0 Å². The highest BCUT2D eigenvalue weighted by Crippen LogP contribution is 2.25. The summed E-state index contributed by atoms with van der Waals surface area (Å²) in [6.07, 6.45) is 2.85. The Kier molecular flexibility index (Phi) is 7.73. The van der Waals surface area contributed by atoms with Gasteiger partial charge < -0.3 is 4.90 Å². The van der Waals surface area contributed by atoms with Gasteiger partial charge in [-0.1, -0.05) is 23.9 Å². The number of hydrogen-bond donors (Lipinski definition) is 0. The number of aromatic nitrogens is 1. The van der Waals surface area contributed by atoms with Gasteiger partial charge >= 0.3 is 0 Å². The molecule has 0 aliphatic carbocycles. The predicted molar refractivity (Wildman–Crippen MR) is 111 cm³/mol. The van der Waals surface area contributed by atoms with Crippen molar-refractivity contribution in [2.24, 2.45) is 0 Å². The first-order chi connectivity index (χ1) is 13.2. The van der Waals surface area contributed by atoms with E-state index in [0.717, 1.165) is 11.8 Å². The van der Waals surface area contributed by atoms with Crippen molar-refractivity contribution in [1.82, 2.24) is 9.88 Å². The largest absolute Gasteiger partial charge is 0.308 e. The summed E-state index contributed by atoms with van der Waals surface area (Å²) in [5.74, 6) is -0.205. The highest BCUT2D eigenvalue weighted by atomic mass is 32.2. The Hall–Kier alpha value is -2.23. The third-order valence-electron chi connectivity index (χ3n) is 3.85. The predicted octanol–water partition coefficient (Wildman–Crippen LogP) is 2.30. The van der Waals surface area contributed by atoms with Crippen molar-refractivity contribution in [2.75, 3.05) is 37.2 Å². The van der Waals surface area contributed by atoms with Gasteiger partial charge in [0.15, 0.2) is 10.9 Å². The molecule has 1 heterocycles. The number of hydrogen-bond acceptors (Lipinski definition) is 7. The van der Waals surface area contributed by atoms with Crippen molar-refractivity contribution in [2.45, 2.75) is 11.8 Å². The summed E-state index contributed by atoms with van der Waals surface area (Å²) in [5.41, 5.74) is 0.767. The van der Waals surface area contributed by atoms with Crippen LogP contribution in [0.25, 0.3) is 0 Å². The molecular formula is C19H23N3O4S2. The van der Waals surface area contributed by atoms with Gasteiger partial charge in [0.25, 0.3) is 10.0 Å². The molecule has 0 bridgehead atoms. The molecule has 0 spiro atoms. The Morgan fingerprint density at radius 2 is 1.75 bits per heavy atom. The second-order valence-electron chi connectivity index (χ2n) is 6.32. The van der Waals surface area contributed by atoms with Gasteiger partial charge in [-0.15, -0.1) is 0 Å². The van der Waals surface area contributed by atoms with Gasteiger partial charge in [0, 0.05) is 38.0 Å². The molecule has 1 aromatic heterocycles. The Balaban J connectivity index is 2.40. The molecule has 2 rings (SSSR count). The standard InChI is InChI=1S/C19H23N3O4S2/c1-15(23)27-14-19(24)16-5-4-6-17(13-16)22(12-11-21(2)3)28(25,26)18-7-9-20-10-8-18/h4-10,13H,11-12,14H2,1-3H3. The second kappa shape index (κ2) is 9.81. The van der Waals surface area contributed by atoms with Crippen LogP contribution in [0.15, 0.2) is 53.7 Å². The summed E-state index contributed by atoms with van der Waals surface area (Å²) < 4.78 is 27.7. The van der Waals surface area contributed by atoms with Crippen molar-refractivity contribution in [1.29, 1.82) is 0 Å². The lowest BCUT2D eigenvalue weighted by Gasteiger charge is -2.26. The molecule has 9 heteroatoms. The molecule has 0 aliphatic heterocycles. The van der Waals surface area contributed by atoms with Gasteiger partial charge in [-0.05, 0) is 38.4 Å². The normalized spacial score (nSPS) is 11.4. The monoisotopic (exact) mass is 421 g/mol. The minimum absolute atomic E-state index is 0.0214. The smallest absolute Gasteiger partial charge is 0.264 e. The number of pyridine rings is 1. The molecule has 1 aromatic carbocycles. The van der Waals surface area contributed by atoms with E-state index in [2.05, 4.69) is 4.98 Å². The fraction of sp³-hybridized carbons (Fsp3) is 0.316. The van der Waals surface area contributed by atoms with Gasteiger partial charge in [-0.2, -0.15) is 0 Å². The third-order valence-corrected chi connectivity index (χ3v) is 6.51. The molecule has 0 amide bonds. The molecule has 150 valence electrons. The van der Waals surface area contributed by atoms with Crippen molar-refractivity contribution in [3.8, 4) is 0 Å². The zero-order valence-corrected chi connectivity index (χ0v) is 17.7. The molecule has 28 heavy (non-hydrogen) atoms. The fourth-order valence-electron chi connectivity index (χ4n) is 2.40. The number of carbonyl (C=O) groups is 2. The van der Waals surface area contributed by atoms with Gasteiger partial charge in [0.05, 0.1) is 16.3 Å². The molecule has 0 saturated heterocycles. The van der Waals surface area contributed by atoms with E-state index in [1.54, 1.807) is 24.3 Å². The van der Waals surface area contributed by atoms with E-state index in [-0.39, 0.29) is 28.1 Å². The van der Waals surface area contributed by atoms with E-state index in [9.17, 15) is 18.0 Å². The summed E-state index contributed by atoms with van der Waals surface area (Å²) in [7, 11) is -0.107. The number of nitrogens with zero attached hydrogens (tertiary/aromatic N) is 3. The van der Waals surface area contributed by atoms with Crippen LogP contribution in [0.2, 0.25) is 0 Å². The first kappa shape index (κ1) is 22.1. The van der Waals surface area contributed by atoms with Crippen LogP contribution >= 0.6 is 11.8 Å². The number of ketones is 1. The fourth-order valence-corrected chi connectivity index (χ4v) is 4.34. The average molecular weight is 422 g/mol. The van der Waals surface area contributed by atoms with E-state index in [1.807, 2.05) is 19.0 Å². The Morgan fingerprint density at radius 3 is 2.36 bits per heavy atom.